The van der Waals surface area contributed by atoms with Crippen LogP contribution < -0.4 is 5.32 Å². The van der Waals surface area contributed by atoms with Crippen LogP contribution in [0.25, 0.3) is 0 Å². The number of halogens is 1. The van der Waals surface area contributed by atoms with Crippen molar-refractivity contribution in [3.05, 3.63) is 94.5 Å². The van der Waals surface area contributed by atoms with Gasteiger partial charge in [-0.15, -0.1) is 0 Å². The number of nitrogens with one attached hydrogen (secondary N) is 1. The number of ether oxygens (including phenoxy) is 1. The second kappa shape index (κ2) is 11.9. The molecule has 1 aliphatic rings. The summed E-state index contributed by atoms with van der Waals surface area (Å²) in [6.07, 6.45) is 2.48. The number of rotatable bonds is 7. The third-order valence-corrected chi connectivity index (χ3v) is 8.62. The Kier molecular flexibility index (Phi) is 8.63. The van der Waals surface area contributed by atoms with Gasteiger partial charge in [0.25, 0.3) is 5.91 Å². The van der Waals surface area contributed by atoms with Crippen molar-refractivity contribution in [3.63, 3.8) is 0 Å². The number of amides is 1. The Hall–Kier alpha value is -3.20. The monoisotopic (exact) mass is 540 g/mol. The van der Waals surface area contributed by atoms with Crippen molar-refractivity contribution in [2.24, 2.45) is 0 Å². The maximum atomic E-state index is 13.1. The first kappa shape index (κ1) is 26.9. The fraction of sp³-hybridized carbons (Fsp3) is 0.286. The zero-order chi connectivity index (χ0) is 26.4. The van der Waals surface area contributed by atoms with Crippen molar-refractivity contribution < 1.29 is 22.7 Å². The van der Waals surface area contributed by atoms with E-state index >= 15 is 0 Å². The summed E-state index contributed by atoms with van der Waals surface area (Å²) < 4.78 is 33.2. The lowest BCUT2D eigenvalue weighted by molar-refractivity contribution is -0.125. The predicted octanol–water partition coefficient (Wildman–Crippen LogP) is 5.75. The third-order valence-electron chi connectivity index (χ3n) is 6.30. The van der Waals surface area contributed by atoms with Gasteiger partial charge in [-0.3, -0.25) is 4.79 Å². The maximum absolute atomic E-state index is 13.1. The molecule has 4 rings (SSSR count). The van der Waals surface area contributed by atoms with Crippen molar-refractivity contribution in [2.75, 3.05) is 18.4 Å². The first-order valence-corrected chi connectivity index (χ1v) is 14.0. The van der Waals surface area contributed by atoms with Crippen LogP contribution in [0, 0.1) is 6.92 Å². The molecule has 1 heterocycles. The molecule has 9 heteroatoms. The van der Waals surface area contributed by atoms with E-state index < -0.39 is 28.0 Å². The lowest BCUT2D eigenvalue weighted by Gasteiger charge is -2.20. The molecule has 0 saturated carbocycles. The van der Waals surface area contributed by atoms with Crippen molar-refractivity contribution in [1.29, 1.82) is 0 Å². The molecule has 0 radical (unpaired) electrons. The molecular weight excluding hydrogens is 512 g/mol. The number of hydrogen-bond donors (Lipinski definition) is 1. The summed E-state index contributed by atoms with van der Waals surface area (Å²) in [4.78, 5) is 26.3. The second-order valence-electron chi connectivity index (χ2n) is 8.99. The van der Waals surface area contributed by atoms with Crippen LogP contribution in [0.5, 0.6) is 0 Å². The minimum atomic E-state index is -3.64. The highest BCUT2D eigenvalue weighted by molar-refractivity contribution is 7.89. The average Bonchev–Trinajstić information content (AvgIpc) is 3.20. The molecular formula is C28H29ClN2O5S. The molecule has 1 aliphatic heterocycles. The molecule has 194 valence electrons. The summed E-state index contributed by atoms with van der Waals surface area (Å²) in [6, 6.07) is 19.4. The molecule has 0 unspecified atom stereocenters. The van der Waals surface area contributed by atoms with Gasteiger partial charge in [0.2, 0.25) is 16.1 Å². The molecule has 7 nitrogen and oxygen atoms in total. The number of benzene rings is 3. The number of nitrogens with zero attached hydrogens (tertiary/aromatic N) is 1. The number of esters is 1. The standard InChI is InChI=1S/C28H29ClN2O5S/c1-20-11-14-23(19-25(20)29)30-27(32)26(21-9-5-4-6-10-21)36-28(33)22-12-15-24(16-13-22)37(34,35)31-17-7-2-3-8-18-31/h4-6,9-16,19,26H,2-3,7-8,17-18H2,1H3,(H,30,32)/t26-/m0/s1. The first-order valence-electron chi connectivity index (χ1n) is 12.2. The van der Waals surface area contributed by atoms with Gasteiger partial charge in [0.05, 0.1) is 10.5 Å². The van der Waals surface area contributed by atoms with E-state index in [2.05, 4.69) is 5.32 Å². The van der Waals surface area contributed by atoms with Crippen LogP contribution >= 0.6 is 11.6 Å². The van der Waals surface area contributed by atoms with E-state index in [1.807, 2.05) is 6.92 Å². The molecule has 0 aliphatic carbocycles. The lowest BCUT2D eigenvalue weighted by atomic mass is 10.1. The van der Waals surface area contributed by atoms with Crippen LogP contribution in [0.4, 0.5) is 5.69 Å². The molecule has 0 aromatic heterocycles. The van der Waals surface area contributed by atoms with Crippen LogP contribution in [-0.2, 0) is 19.6 Å². The summed E-state index contributed by atoms with van der Waals surface area (Å²) in [6.45, 7) is 2.84. The van der Waals surface area contributed by atoms with Crippen LogP contribution in [0.15, 0.2) is 77.7 Å². The van der Waals surface area contributed by atoms with Crippen molar-refractivity contribution in [1.82, 2.24) is 4.31 Å². The van der Waals surface area contributed by atoms with Gasteiger partial charge in [-0.25, -0.2) is 13.2 Å². The number of carbonyl (C=O) groups is 2. The molecule has 1 saturated heterocycles. The normalized spacial score (nSPS) is 15.4. The van der Waals surface area contributed by atoms with E-state index in [-0.39, 0.29) is 10.5 Å². The van der Waals surface area contributed by atoms with Crippen molar-refractivity contribution in [2.45, 2.75) is 43.6 Å². The van der Waals surface area contributed by atoms with Crippen LogP contribution in [0.3, 0.4) is 0 Å². The average molecular weight is 541 g/mol. The summed E-state index contributed by atoms with van der Waals surface area (Å²) in [7, 11) is -3.64. The van der Waals surface area contributed by atoms with Gasteiger partial charge in [-0.2, -0.15) is 4.31 Å². The molecule has 3 aromatic rings. The predicted molar refractivity (Wildman–Crippen MR) is 143 cm³/mol. The number of anilines is 1. The van der Waals surface area contributed by atoms with Gasteiger partial charge in [0.15, 0.2) is 0 Å². The quantitative estimate of drug-likeness (QED) is 0.385. The Labute approximate surface area is 222 Å². The molecule has 0 bridgehead atoms. The minimum absolute atomic E-state index is 0.125. The molecule has 1 amide bonds. The van der Waals surface area contributed by atoms with Gasteiger partial charge >= 0.3 is 5.97 Å². The van der Waals surface area contributed by atoms with Gasteiger partial charge in [0, 0.05) is 29.4 Å². The highest BCUT2D eigenvalue weighted by atomic mass is 35.5. The van der Waals surface area contributed by atoms with E-state index in [1.54, 1.807) is 48.5 Å². The third kappa shape index (κ3) is 6.57. The summed E-state index contributed by atoms with van der Waals surface area (Å²) in [5.74, 6) is -1.29. The largest absolute Gasteiger partial charge is 0.444 e. The molecule has 1 N–H and O–H groups in total. The van der Waals surface area contributed by atoms with E-state index in [0.717, 1.165) is 31.2 Å². The number of aryl methyl sites for hydroxylation is 1. The van der Waals surface area contributed by atoms with Gasteiger partial charge in [0.1, 0.15) is 0 Å². The highest BCUT2D eigenvalue weighted by Gasteiger charge is 2.28. The topological polar surface area (TPSA) is 92.8 Å². The molecule has 0 spiro atoms. The van der Waals surface area contributed by atoms with E-state index in [1.165, 1.54) is 28.6 Å². The lowest BCUT2D eigenvalue weighted by Crippen LogP contribution is -2.32. The Morgan fingerprint density at radius 1 is 0.919 bits per heavy atom. The minimum Gasteiger partial charge on any atom is -0.444 e. The Bertz CT molecular complexity index is 1350. The smallest absolute Gasteiger partial charge is 0.339 e. The molecule has 1 atom stereocenters. The number of hydrogen-bond acceptors (Lipinski definition) is 5. The Morgan fingerprint density at radius 3 is 2.19 bits per heavy atom. The fourth-order valence-electron chi connectivity index (χ4n) is 4.15. The highest BCUT2D eigenvalue weighted by Crippen LogP contribution is 2.25. The zero-order valence-electron chi connectivity index (χ0n) is 20.5. The second-order valence-corrected chi connectivity index (χ2v) is 11.3. The fourth-order valence-corrected chi connectivity index (χ4v) is 5.85. The van der Waals surface area contributed by atoms with Crippen molar-refractivity contribution in [3.8, 4) is 0 Å². The van der Waals surface area contributed by atoms with E-state index in [0.29, 0.717) is 29.4 Å². The van der Waals surface area contributed by atoms with E-state index in [9.17, 15) is 18.0 Å². The zero-order valence-corrected chi connectivity index (χ0v) is 22.1. The number of carbonyl (C=O) groups excluding carboxylic acids is 2. The van der Waals surface area contributed by atoms with Crippen LogP contribution in [0.2, 0.25) is 5.02 Å². The van der Waals surface area contributed by atoms with Crippen LogP contribution in [-0.4, -0.2) is 37.7 Å². The first-order chi connectivity index (χ1) is 17.8. The number of sulfonamides is 1. The molecule has 1 fully saturated rings. The van der Waals surface area contributed by atoms with Gasteiger partial charge in [-0.1, -0.05) is 60.8 Å². The summed E-state index contributed by atoms with van der Waals surface area (Å²) in [5, 5.41) is 3.25. The van der Waals surface area contributed by atoms with Gasteiger partial charge in [-0.05, 0) is 61.7 Å². The van der Waals surface area contributed by atoms with E-state index in [4.69, 9.17) is 16.3 Å². The maximum Gasteiger partial charge on any atom is 0.339 e. The Balaban J connectivity index is 1.52. The van der Waals surface area contributed by atoms with Crippen LogP contribution in [0.1, 0.15) is 53.3 Å². The summed E-state index contributed by atoms with van der Waals surface area (Å²) >= 11 is 6.18. The SMILES string of the molecule is Cc1ccc(NC(=O)[C@@H](OC(=O)c2ccc(S(=O)(=O)N3CCCCCC3)cc2)c2ccccc2)cc1Cl. The summed E-state index contributed by atoms with van der Waals surface area (Å²) in [5.41, 5.74) is 1.97. The molecule has 3 aromatic carbocycles. The molecule has 37 heavy (non-hydrogen) atoms. The van der Waals surface area contributed by atoms with Gasteiger partial charge < -0.3 is 10.1 Å². The Morgan fingerprint density at radius 2 is 1.57 bits per heavy atom. The van der Waals surface area contributed by atoms with Crippen molar-refractivity contribution >= 4 is 39.2 Å².